The SMILES string of the molecule is CCn1c2ccccc2c2c3sc(C)c(NOC(C)=O)c(=O)c3ccc21. The minimum atomic E-state index is -0.490. The van der Waals surface area contributed by atoms with Gasteiger partial charge in [-0.1, -0.05) is 18.2 Å². The number of carbonyl (C=O) groups is 1. The highest BCUT2D eigenvalue weighted by Crippen LogP contribution is 2.37. The van der Waals surface area contributed by atoms with Crippen molar-refractivity contribution in [2.45, 2.75) is 27.3 Å². The zero-order valence-electron chi connectivity index (χ0n) is 14.8. The Balaban J connectivity index is 2.11. The van der Waals surface area contributed by atoms with E-state index < -0.39 is 5.97 Å². The molecule has 0 atom stereocenters. The Morgan fingerprint density at radius 3 is 2.65 bits per heavy atom. The van der Waals surface area contributed by atoms with Gasteiger partial charge in [0.2, 0.25) is 5.43 Å². The van der Waals surface area contributed by atoms with Gasteiger partial charge in [-0.3, -0.25) is 9.59 Å². The van der Waals surface area contributed by atoms with Crippen molar-refractivity contribution in [3.8, 4) is 0 Å². The molecule has 0 amide bonds. The van der Waals surface area contributed by atoms with Crippen LogP contribution in [-0.2, 0) is 16.2 Å². The van der Waals surface area contributed by atoms with Gasteiger partial charge < -0.3 is 9.40 Å². The molecule has 0 aliphatic heterocycles. The number of carbonyl (C=O) groups excluding carboxylic acids is 1. The lowest BCUT2D eigenvalue weighted by atomic mass is 10.1. The largest absolute Gasteiger partial charge is 0.344 e. The van der Waals surface area contributed by atoms with Crippen LogP contribution in [0, 0.1) is 6.92 Å². The molecular formula is C20H18N2O3S. The van der Waals surface area contributed by atoms with Crippen LogP contribution in [0.2, 0.25) is 0 Å². The van der Waals surface area contributed by atoms with Gasteiger partial charge in [-0.05, 0) is 32.0 Å². The summed E-state index contributed by atoms with van der Waals surface area (Å²) < 4.78 is 3.23. The molecule has 2 aromatic carbocycles. The van der Waals surface area contributed by atoms with Crippen molar-refractivity contribution < 1.29 is 9.63 Å². The first-order valence-electron chi connectivity index (χ1n) is 8.43. The number of hydrogen-bond donors (Lipinski definition) is 1. The maximum absolute atomic E-state index is 13.0. The molecule has 4 rings (SSSR count). The van der Waals surface area contributed by atoms with Crippen LogP contribution in [0.5, 0.6) is 0 Å². The van der Waals surface area contributed by atoms with Crippen molar-refractivity contribution in [1.82, 2.24) is 4.57 Å². The highest BCUT2D eigenvalue weighted by molar-refractivity contribution is 7.19. The van der Waals surface area contributed by atoms with Crippen molar-refractivity contribution in [2.75, 3.05) is 5.48 Å². The van der Waals surface area contributed by atoms with Crippen LogP contribution in [0.25, 0.3) is 31.9 Å². The molecule has 0 unspecified atom stereocenters. The van der Waals surface area contributed by atoms with E-state index in [1.54, 1.807) is 0 Å². The molecule has 0 bridgehead atoms. The summed E-state index contributed by atoms with van der Waals surface area (Å²) in [4.78, 5) is 29.7. The molecule has 132 valence electrons. The fourth-order valence-corrected chi connectivity index (χ4v) is 4.60. The first-order valence-corrected chi connectivity index (χ1v) is 9.25. The summed E-state index contributed by atoms with van der Waals surface area (Å²) in [5, 5.41) is 2.87. The molecule has 4 aromatic rings. The molecule has 0 saturated carbocycles. The van der Waals surface area contributed by atoms with Gasteiger partial charge in [0.1, 0.15) is 5.69 Å². The van der Waals surface area contributed by atoms with E-state index in [9.17, 15) is 9.59 Å². The average Bonchev–Trinajstić information content (AvgIpc) is 2.95. The lowest BCUT2D eigenvalue weighted by Crippen LogP contribution is -2.15. The summed E-state index contributed by atoms with van der Waals surface area (Å²) in [5.41, 5.74) is 4.96. The Hall–Kier alpha value is -2.86. The number of fused-ring (bicyclic) bond motifs is 5. The van der Waals surface area contributed by atoms with Crippen LogP contribution in [0.4, 0.5) is 5.69 Å². The second kappa shape index (κ2) is 6.14. The third kappa shape index (κ3) is 2.37. The smallest absolute Gasteiger partial charge is 0.329 e. The van der Waals surface area contributed by atoms with Crippen LogP contribution in [-0.4, -0.2) is 10.5 Å². The second-order valence-electron chi connectivity index (χ2n) is 6.16. The van der Waals surface area contributed by atoms with E-state index in [1.807, 2.05) is 31.2 Å². The van der Waals surface area contributed by atoms with Gasteiger partial charge in [0.25, 0.3) is 0 Å². The van der Waals surface area contributed by atoms with Crippen LogP contribution in [0.1, 0.15) is 18.7 Å². The number of hydrogen-bond acceptors (Lipinski definition) is 5. The van der Waals surface area contributed by atoms with E-state index >= 15 is 0 Å². The lowest BCUT2D eigenvalue weighted by Gasteiger charge is -2.09. The van der Waals surface area contributed by atoms with Crippen molar-refractivity contribution in [1.29, 1.82) is 0 Å². The average molecular weight is 366 g/mol. The van der Waals surface area contributed by atoms with E-state index in [-0.39, 0.29) is 5.43 Å². The van der Waals surface area contributed by atoms with Gasteiger partial charge in [0.05, 0.1) is 5.52 Å². The number of para-hydroxylation sites is 1. The zero-order chi connectivity index (χ0) is 18.4. The van der Waals surface area contributed by atoms with E-state index in [1.165, 1.54) is 18.3 Å². The Morgan fingerprint density at radius 1 is 1.15 bits per heavy atom. The fourth-order valence-electron chi connectivity index (χ4n) is 3.47. The Kier molecular flexibility index (Phi) is 3.92. The van der Waals surface area contributed by atoms with E-state index in [4.69, 9.17) is 4.84 Å². The number of anilines is 1. The maximum atomic E-state index is 13.0. The lowest BCUT2D eigenvalue weighted by molar-refractivity contribution is -0.138. The normalized spacial score (nSPS) is 11.3. The molecular weight excluding hydrogens is 348 g/mol. The van der Waals surface area contributed by atoms with Crippen molar-refractivity contribution in [2.24, 2.45) is 0 Å². The van der Waals surface area contributed by atoms with Crippen LogP contribution < -0.4 is 10.9 Å². The summed E-state index contributed by atoms with van der Waals surface area (Å²) in [5.74, 6) is -0.490. The van der Waals surface area contributed by atoms with Crippen LogP contribution in [0.3, 0.4) is 0 Å². The van der Waals surface area contributed by atoms with Gasteiger partial charge in [0.15, 0.2) is 0 Å². The van der Waals surface area contributed by atoms with Crippen molar-refractivity contribution in [3.63, 3.8) is 0 Å². The third-order valence-electron chi connectivity index (χ3n) is 4.58. The number of nitrogens with zero attached hydrogens (tertiary/aromatic N) is 1. The number of rotatable bonds is 3. The minimum Gasteiger partial charge on any atom is -0.344 e. The summed E-state index contributed by atoms with van der Waals surface area (Å²) in [6.07, 6.45) is 0. The number of aryl methyl sites for hydroxylation is 2. The number of nitrogens with one attached hydrogen (secondary N) is 1. The topological polar surface area (TPSA) is 60.3 Å². The summed E-state index contributed by atoms with van der Waals surface area (Å²) in [6, 6.07) is 12.1. The molecule has 0 saturated heterocycles. The summed E-state index contributed by atoms with van der Waals surface area (Å²) in [6.45, 7) is 6.13. The van der Waals surface area contributed by atoms with E-state index in [0.717, 1.165) is 37.9 Å². The molecule has 26 heavy (non-hydrogen) atoms. The van der Waals surface area contributed by atoms with Gasteiger partial charge in [-0.15, -0.1) is 11.3 Å². The minimum absolute atomic E-state index is 0.160. The van der Waals surface area contributed by atoms with E-state index in [0.29, 0.717) is 11.1 Å². The maximum Gasteiger partial charge on any atom is 0.329 e. The number of aromatic nitrogens is 1. The summed E-state index contributed by atoms with van der Waals surface area (Å²) >= 11 is 1.54. The molecule has 0 radical (unpaired) electrons. The molecule has 2 aromatic heterocycles. The second-order valence-corrected chi connectivity index (χ2v) is 7.38. The zero-order valence-corrected chi connectivity index (χ0v) is 15.6. The van der Waals surface area contributed by atoms with Gasteiger partial charge in [-0.2, -0.15) is 0 Å². The van der Waals surface area contributed by atoms with Crippen molar-refractivity contribution in [3.05, 3.63) is 51.5 Å². The monoisotopic (exact) mass is 366 g/mol. The molecule has 5 nitrogen and oxygen atoms in total. The Bertz CT molecular complexity index is 1240. The van der Waals surface area contributed by atoms with Crippen molar-refractivity contribution >= 4 is 54.9 Å². The molecule has 2 heterocycles. The standard InChI is InChI=1S/C20H18N2O3S/c1-4-22-15-8-6-5-7-13(15)17-16(22)10-9-14-19(24)18(21-25-12(3)23)11(2)26-20(14)17/h5-10,21H,4H2,1-3H3. The highest BCUT2D eigenvalue weighted by atomic mass is 32.1. The number of benzene rings is 2. The molecule has 1 N–H and O–H groups in total. The third-order valence-corrected chi connectivity index (χ3v) is 5.72. The Morgan fingerprint density at radius 2 is 1.92 bits per heavy atom. The first kappa shape index (κ1) is 16.6. The molecule has 0 spiro atoms. The highest BCUT2D eigenvalue weighted by Gasteiger charge is 2.17. The molecule has 0 aliphatic rings. The molecule has 6 heteroatoms. The predicted molar refractivity (Wildman–Crippen MR) is 107 cm³/mol. The van der Waals surface area contributed by atoms with Gasteiger partial charge in [-0.25, -0.2) is 5.48 Å². The van der Waals surface area contributed by atoms with E-state index in [2.05, 4.69) is 29.1 Å². The Labute approximate surface area is 153 Å². The van der Waals surface area contributed by atoms with Gasteiger partial charge in [0, 0.05) is 44.7 Å². The predicted octanol–water partition coefficient (Wildman–Crippen LogP) is 4.59. The molecule has 0 fully saturated rings. The summed E-state index contributed by atoms with van der Waals surface area (Å²) in [7, 11) is 0. The van der Waals surface area contributed by atoms with Crippen LogP contribution in [0.15, 0.2) is 41.2 Å². The van der Waals surface area contributed by atoms with Gasteiger partial charge >= 0.3 is 5.97 Å². The first-order chi connectivity index (χ1) is 12.5. The quantitative estimate of drug-likeness (QED) is 0.539. The molecule has 0 aliphatic carbocycles. The van der Waals surface area contributed by atoms with Crippen LogP contribution >= 0.6 is 11.3 Å². The fraction of sp³-hybridized carbons (Fsp3) is 0.200.